The van der Waals surface area contributed by atoms with Gasteiger partial charge >= 0.3 is 5.97 Å². The highest BCUT2D eigenvalue weighted by atomic mass is 16.7. The maximum Gasteiger partial charge on any atom is 0.303 e. The van der Waals surface area contributed by atoms with E-state index in [0.29, 0.717) is 0 Å². The third-order valence-electron chi connectivity index (χ3n) is 8.35. The number of carbonyl (C=O) groups is 3. The minimum Gasteiger partial charge on any atom is -0.481 e. The van der Waals surface area contributed by atoms with E-state index in [2.05, 4.69) is 10.6 Å². The minimum absolute atomic E-state index is 0.0438. The van der Waals surface area contributed by atoms with Crippen LogP contribution >= 0.6 is 0 Å². The molecule has 0 radical (unpaired) electrons. The number of amides is 2. The second-order valence-electron chi connectivity index (χ2n) is 11.7. The van der Waals surface area contributed by atoms with Gasteiger partial charge in [-0.25, -0.2) is 0 Å². The molecule has 3 fully saturated rings. The van der Waals surface area contributed by atoms with E-state index >= 15 is 0 Å². The summed E-state index contributed by atoms with van der Waals surface area (Å²) in [7, 11) is 0. The van der Waals surface area contributed by atoms with Gasteiger partial charge in [0.1, 0.15) is 67.1 Å². The van der Waals surface area contributed by atoms with Crippen molar-refractivity contribution in [2.24, 2.45) is 17.2 Å². The number of carbonyl (C=O) groups excluding carboxylic acids is 2. The van der Waals surface area contributed by atoms with Gasteiger partial charge in [0.15, 0.2) is 12.6 Å². The molecule has 1 saturated carbocycles. The van der Waals surface area contributed by atoms with Gasteiger partial charge < -0.3 is 92.7 Å². The second-order valence-corrected chi connectivity index (χ2v) is 11.7. The van der Waals surface area contributed by atoms with E-state index in [-0.39, 0.29) is 25.9 Å². The van der Waals surface area contributed by atoms with Gasteiger partial charge in [-0.2, -0.15) is 0 Å². The number of aliphatic hydroxyl groups excluding tert-OH is 8. The van der Waals surface area contributed by atoms with Crippen molar-refractivity contribution in [1.29, 1.82) is 0 Å². The lowest BCUT2D eigenvalue weighted by Gasteiger charge is -2.49. The third kappa shape index (κ3) is 9.49. The van der Waals surface area contributed by atoms with Crippen molar-refractivity contribution in [2.45, 2.75) is 124 Å². The van der Waals surface area contributed by atoms with Crippen LogP contribution in [0, 0.1) is 0 Å². The SMILES string of the molecule is NCC[C@H](O)C(=O)NC1CC(N)C(OC2OC(CN)C(O)C(O)C2O)C(O)C1OC1OC(CO)C(O)C(NC(=O)CCC(=O)O)C1O. The van der Waals surface area contributed by atoms with Gasteiger partial charge in [0.05, 0.1) is 25.1 Å². The Labute approximate surface area is 268 Å². The maximum atomic E-state index is 12.7. The van der Waals surface area contributed by atoms with Gasteiger partial charge in [0, 0.05) is 19.0 Å². The molecule has 15 unspecified atom stereocenters. The average molecular weight is 686 g/mol. The number of ether oxygens (including phenoxy) is 4. The Bertz CT molecular complexity index is 1050. The van der Waals surface area contributed by atoms with Crippen LogP contribution < -0.4 is 27.8 Å². The fourth-order valence-corrected chi connectivity index (χ4v) is 5.69. The molecule has 47 heavy (non-hydrogen) atoms. The summed E-state index contributed by atoms with van der Waals surface area (Å²) in [6, 6.07) is -3.92. The van der Waals surface area contributed by atoms with Crippen molar-refractivity contribution in [3.8, 4) is 0 Å². The first-order chi connectivity index (χ1) is 22.1. The third-order valence-corrected chi connectivity index (χ3v) is 8.35. The maximum absolute atomic E-state index is 12.7. The van der Waals surface area contributed by atoms with Crippen molar-refractivity contribution in [3.63, 3.8) is 0 Å². The number of carboxylic acid groups (broad SMARTS) is 1. The molecule has 0 aromatic heterocycles. The molecule has 16 atom stereocenters. The Morgan fingerprint density at radius 1 is 0.809 bits per heavy atom. The number of nitrogens with two attached hydrogens (primary N) is 3. The molecule has 3 aliphatic rings. The fourth-order valence-electron chi connectivity index (χ4n) is 5.69. The Hall–Kier alpha value is -2.19. The van der Waals surface area contributed by atoms with Gasteiger partial charge in [0.25, 0.3) is 0 Å². The number of hydrogen-bond acceptors (Lipinski definition) is 18. The van der Waals surface area contributed by atoms with Crippen LogP contribution in [0.4, 0.5) is 0 Å². The van der Waals surface area contributed by atoms with Crippen molar-refractivity contribution < 1.29 is 79.3 Å². The summed E-state index contributed by atoms with van der Waals surface area (Å²) in [5.41, 5.74) is 17.3. The molecule has 1 aliphatic carbocycles. The summed E-state index contributed by atoms with van der Waals surface area (Å²) in [5.74, 6) is -3.05. The molecular weight excluding hydrogens is 638 g/mol. The van der Waals surface area contributed by atoms with Gasteiger partial charge in [-0.05, 0) is 19.4 Å². The van der Waals surface area contributed by atoms with Crippen molar-refractivity contribution >= 4 is 17.8 Å². The van der Waals surface area contributed by atoms with Crippen LogP contribution in [-0.4, -0.2) is 181 Å². The van der Waals surface area contributed by atoms with Crippen LogP contribution in [0.2, 0.25) is 0 Å². The zero-order valence-electron chi connectivity index (χ0n) is 25.3. The van der Waals surface area contributed by atoms with E-state index in [1.807, 2.05) is 0 Å². The summed E-state index contributed by atoms with van der Waals surface area (Å²) in [6.45, 7) is -1.16. The van der Waals surface area contributed by atoms with Crippen LogP contribution in [0.15, 0.2) is 0 Å². The first-order valence-electron chi connectivity index (χ1n) is 15.1. The van der Waals surface area contributed by atoms with Gasteiger partial charge in [0.2, 0.25) is 11.8 Å². The van der Waals surface area contributed by atoms with Crippen LogP contribution in [0.25, 0.3) is 0 Å². The Morgan fingerprint density at radius 3 is 2.02 bits per heavy atom. The molecule has 2 heterocycles. The Balaban J connectivity index is 1.88. The molecule has 0 aromatic carbocycles. The second kappa shape index (κ2) is 17.5. The zero-order valence-corrected chi connectivity index (χ0v) is 25.3. The lowest BCUT2D eigenvalue weighted by Crippen LogP contribution is -2.70. The summed E-state index contributed by atoms with van der Waals surface area (Å²) in [5, 5.41) is 97.8. The van der Waals surface area contributed by atoms with E-state index in [0.717, 1.165) is 0 Å². The molecule has 21 nitrogen and oxygen atoms in total. The number of hydrogen-bond donors (Lipinski definition) is 14. The van der Waals surface area contributed by atoms with E-state index in [4.69, 9.17) is 41.3 Å². The Kier molecular flexibility index (Phi) is 14.6. The highest BCUT2D eigenvalue weighted by Gasteiger charge is 2.53. The molecule has 3 rings (SSSR count). The molecule has 2 amide bonds. The van der Waals surface area contributed by atoms with Crippen molar-refractivity contribution in [3.05, 3.63) is 0 Å². The van der Waals surface area contributed by atoms with Crippen molar-refractivity contribution in [2.75, 3.05) is 19.7 Å². The minimum atomic E-state index is -1.90. The smallest absolute Gasteiger partial charge is 0.303 e. The fraction of sp³-hybridized carbons (Fsp3) is 0.885. The summed E-state index contributed by atoms with van der Waals surface area (Å²) >= 11 is 0. The first-order valence-corrected chi connectivity index (χ1v) is 15.1. The molecule has 0 spiro atoms. The van der Waals surface area contributed by atoms with Crippen LogP contribution in [0.3, 0.4) is 0 Å². The zero-order chi connectivity index (χ0) is 35.2. The van der Waals surface area contributed by atoms with Crippen LogP contribution in [-0.2, 0) is 33.3 Å². The predicted molar refractivity (Wildman–Crippen MR) is 152 cm³/mol. The molecule has 21 heteroatoms. The number of aliphatic carboxylic acids is 1. The number of aliphatic hydroxyl groups is 8. The summed E-state index contributed by atoms with van der Waals surface area (Å²) in [4.78, 5) is 36.0. The largest absolute Gasteiger partial charge is 0.481 e. The number of rotatable bonds is 14. The molecule has 2 aliphatic heterocycles. The number of carboxylic acids is 1. The lowest BCUT2D eigenvalue weighted by molar-refractivity contribution is -0.333. The quantitative estimate of drug-likeness (QED) is 0.0807. The topological polar surface area (TPSA) is 372 Å². The summed E-state index contributed by atoms with van der Waals surface area (Å²) < 4.78 is 22.7. The molecule has 0 bridgehead atoms. The predicted octanol–water partition coefficient (Wildman–Crippen LogP) is -8.40. The molecular formula is C26H47N5O16. The first kappa shape index (κ1) is 39.3. The van der Waals surface area contributed by atoms with Gasteiger partial charge in [-0.3, -0.25) is 14.4 Å². The van der Waals surface area contributed by atoms with E-state index in [1.54, 1.807) is 0 Å². The standard InChI is InChI=1S/C26H47N5O16/c27-4-3-10(33)24(43)30-9-5-8(29)22(46-26-20(41)19(40)17(38)11(6-28)44-26)21(42)23(9)47-25-18(39)15(16(37)12(7-32)45-25)31-13(34)1-2-14(35)36/h8-12,15-23,25-26,32-33,37-42H,1-7,27-29H2,(H,30,43)(H,31,34)(H,35,36)/t8?,9?,10-,11?,12?,15?,16?,17?,18?,19?,20?,21?,22?,23?,25?,26?/m0/s1. The van der Waals surface area contributed by atoms with Crippen LogP contribution in [0.5, 0.6) is 0 Å². The van der Waals surface area contributed by atoms with E-state index < -0.39 is 135 Å². The highest BCUT2D eigenvalue weighted by molar-refractivity contribution is 5.81. The van der Waals surface area contributed by atoms with Crippen LogP contribution in [0.1, 0.15) is 25.7 Å². The molecule has 2 saturated heterocycles. The normalized spacial score (nSPS) is 41.6. The molecule has 17 N–H and O–H groups in total. The molecule has 272 valence electrons. The Morgan fingerprint density at radius 2 is 1.43 bits per heavy atom. The van der Waals surface area contributed by atoms with Crippen molar-refractivity contribution in [1.82, 2.24) is 10.6 Å². The molecule has 0 aromatic rings. The average Bonchev–Trinajstić information content (AvgIpc) is 3.02. The highest BCUT2D eigenvalue weighted by Crippen LogP contribution is 2.32. The monoisotopic (exact) mass is 685 g/mol. The summed E-state index contributed by atoms with van der Waals surface area (Å²) in [6.07, 6.45) is -22.8. The van der Waals surface area contributed by atoms with Gasteiger partial charge in [-0.15, -0.1) is 0 Å². The number of nitrogens with one attached hydrogen (secondary N) is 2. The lowest BCUT2D eigenvalue weighted by atomic mass is 9.83. The van der Waals surface area contributed by atoms with Gasteiger partial charge in [-0.1, -0.05) is 0 Å². The van der Waals surface area contributed by atoms with E-state index in [9.17, 15) is 55.2 Å². The van der Waals surface area contributed by atoms with E-state index in [1.165, 1.54) is 0 Å².